The van der Waals surface area contributed by atoms with Gasteiger partial charge in [0.15, 0.2) is 0 Å². The first-order chi connectivity index (χ1) is 15.1. The number of carbonyl (C=O) groups excluding carboxylic acids is 1. The number of aryl methyl sites for hydroxylation is 1. The third-order valence-electron chi connectivity index (χ3n) is 7.71. The minimum Gasteiger partial charge on any atom is -0.356 e. The average molecular weight is 424 g/mol. The third-order valence-corrected chi connectivity index (χ3v) is 7.71. The summed E-state index contributed by atoms with van der Waals surface area (Å²) in [6, 6.07) is 7.40. The lowest BCUT2D eigenvalue weighted by Crippen LogP contribution is -2.50. The van der Waals surface area contributed by atoms with Crippen LogP contribution in [0, 0.1) is 5.92 Å². The molecule has 4 nitrogen and oxygen atoms in total. The molecule has 170 valence electrons. The second kappa shape index (κ2) is 10.2. The predicted octanol–water partition coefficient (Wildman–Crippen LogP) is 5.40. The summed E-state index contributed by atoms with van der Waals surface area (Å²) in [5.41, 5.74) is 4.39. The highest BCUT2D eigenvalue weighted by Gasteiger charge is 2.39. The Morgan fingerprint density at radius 2 is 1.87 bits per heavy atom. The summed E-state index contributed by atoms with van der Waals surface area (Å²) >= 11 is 0. The summed E-state index contributed by atoms with van der Waals surface area (Å²) in [5, 5.41) is 4.75. The van der Waals surface area contributed by atoms with E-state index in [9.17, 15) is 4.79 Å². The molecule has 4 rings (SSSR count). The molecule has 4 heteroatoms. The smallest absolute Gasteiger partial charge is 0.220 e. The molecule has 0 bridgehead atoms. The first kappa shape index (κ1) is 22.4. The van der Waals surface area contributed by atoms with Crippen LogP contribution in [0.5, 0.6) is 0 Å². The third kappa shape index (κ3) is 5.00. The summed E-state index contributed by atoms with van der Waals surface area (Å²) in [7, 11) is 4.44. The Balaban J connectivity index is 1.29. The van der Waals surface area contributed by atoms with E-state index in [-0.39, 0.29) is 5.91 Å². The van der Waals surface area contributed by atoms with E-state index < -0.39 is 0 Å². The molecule has 2 aromatic rings. The average Bonchev–Trinajstić information content (AvgIpc) is 3.09. The van der Waals surface area contributed by atoms with Crippen LogP contribution in [-0.4, -0.2) is 41.6 Å². The summed E-state index contributed by atoms with van der Waals surface area (Å²) in [4.78, 5) is 14.9. The number of carbonyl (C=O) groups is 1. The molecule has 2 heterocycles. The molecule has 1 fully saturated rings. The lowest BCUT2D eigenvalue weighted by atomic mass is 9.72. The number of amides is 1. The monoisotopic (exact) mass is 423 g/mol. The van der Waals surface area contributed by atoms with Gasteiger partial charge >= 0.3 is 0 Å². The van der Waals surface area contributed by atoms with Crippen LogP contribution < -0.4 is 5.32 Å². The Bertz CT molecular complexity index is 886. The van der Waals surface area contributed by atoms with Gasteiger partial charge in [-0.15, -0.1) is 0 Å². The van der Waals surface area contributed by atoms with E-state index in [4.69, 9.17) is 0 Å². The fourth-order valence-electron chi connectivity index (χ4n) is 6.07. The normalized spacial score (nSPS) is 23.1. The van der Waals surface area contributed by atoms with Crippen LogP contribution in [0.2, 0.25) is 0 Å². The van der Waals surface area contributed by atoms with Gasteiger partial charge in [0.1, 0.15) is 0 Å². The minimum absolute atomic E-state index is 0.245. The van der Waals surface area contributed by atoms with Crippen molar-refractivity contribution in [2.24, 2.45) is 13.0 Å². The quantitative estimate of drug-likeness (QED) is 0.520. The van der Waals surface area contributed by atoms with Gasteiger partial charge in [-0.2, -0.15) is 0 Å². The van der Waals surface area contributed by atoms with Gasteiger partial charge in [-0.05, 0) is 49.4 Å². The van der Waals surface area contributed by atoms with Gasteiger partial charge in [0.05, 0.1) is 0 Å². The highest BCUT2D eigenvalue weighted by molar-refractivity contribution is 5.89. The van der Waals surface area contributed by atoms with Gasteiger partial charge in [0, 0.05) is 55.6 Å². The van der Waals surface area contributed by atoms with Crippen molar-refractivity contribution in [2.45, 2.75) is 83.1 Å². The molecule has 3 atom stereocenters. The van der Waals surface area contributed by atoms with Crippen molar-refractivity contribution in [3.8, 4) is 0 Å². The summed E-state index contributed by atoms with van der Waals surface area (Å²) < 4.78 is 2.28. The van der Waals surface area contributed by atoms with E-state index in [2.05, 4.69) is 60.2 Å². The second-order valence-electron chi connectivity index (χ2n) is 10.1. The molecule has 1 N–H and O–H groups in total. The molecule has 31 heavy (non-hydrogen) atoms. The lowest BCUT2D eigenvalue weighted by Gasteiger charge is -2.45. The number of hydrogen-bond donors (Lipinski definition) is 1. The van der Waals surface area contributed by atoms with Crippen LogP contribution in [0.1, 0.15) is 81.8 Å². The molecule has 1 aliphatic heterocycles. The molecule has 1 aromatic heterocycles. The maximum Gasteiger partial charge on any atom is 0.220 e. The van der Waals surface area contributed by atoms with Crippen molar-refractivity contribution in [3.05, 3.63) is 35.5 Å². The highest BCUT2D eigenvalue weighted by atomic mass is 16.1. The second-order valence-corrected chi connectivity index (χ2v) is 10.1. The highest BCUT2D eigenvalue weighted by Crippen LogP contribution is 2.44. The molecule has 0 unspecified atom stereocenters. The minimum atomic E-state index is 0.245. The van der Waals surface area contributed by atoms with Gasteiger partial charge in [0.25, 0.3) is 0 Å². The molecule has 1 aromatic carbocycles. The Labute approximate surface area is 188 Å². The molecule has 1 amide bonds. The van der Waals surface area contributed by atoms with Crippen LogP contribution >= 0.6 is 0 Å². The molecule has 1 aliphatic carbocycles. The maximum absolute atomic E-state index is 12.4. The lowest BCUT2D eigenvalue weighted by molar-refractivity contribution is -0.121. The molecule has 0 radical (unpaired) electrons. The van der Waals surface area contributed by atoms with Gasteiger partial charge < -0.3 is 14.8 Å². The van der Waals surface area contributed by atoms with E-state index in [1.807, 2.05) is 0 Å². The predicted molar refractivity (Wildman–Crippen MR) is 130 cm³/mol. The maximum atomic E-state index is 12.4. The van der Waals surface area contributed by atoms with E-state index in [0.29, 0.717) is 24.3 Å². The SMILES string of the molecule is CCCCCCCCCC(=O)NC[C@@H]1C[C@@H]2c3cccc4c3c(cn4C)C[C@H]2N(C)C1. The number of rotatable bonds is 10. The number of hydrogen-bond acceptors (Lipinski definition) is 2. The fraction of sp³-hybridized carbons (Fsp3) is 0.667. The Morgan fingerprint density at radius 1 is 1.10 bits per heavy atom. The summed E-state index contributed by atoms with van der Waals surface area (Å²) in [6.45, 7) is 4.15. The summed E-state index contributed by atoms with van der Waals surface area (Å²) in [6.07, 6.45) is 14.1. The van der Waals surface area contributed by atoms with Crippen molar-refractivity contribution < 1.29 is 4.79 Å². The van der Waals surface area contributed by atoms with Crippen LogP contribution in [-0.2, 0) is 18.3 Å². The number of aromatic nitrogens is 1. The number of benzene rings is 1. The van der Waals surface area contributed by atoms with Crippen molar-refractivity contribution in [2.75, 3.05) is 20.1 Å². The van der Waals surface area contributed by atoms with Gasteiger partial charge in [0.2, 0.25) is 5.91 Å². The zero-order valence-corrected chi connectivity index (χ0v) is 19.8. The zero-order valence-electron chi connectivity index (χ0n) is 19.8. The van der Waals surface area contributed by atoms with E-state index in [0.717, 1.165) is 25.9 Å². The summed E-state index contributed by atoms with van der Waals surface area (Å²) in [5.74, 6) is 1.35. The molecule has 0 spiro atoms. The Kier molecular flexibility index (Phi) is 7.37. The standard InChI is InChI=1S/C27H41N3O/c1-4-5-6-7-8-9-10-14-26(31)28-17-20-15-23-22-12-11-13-24-27(22)21(19-30(24)3)16-25(23)29(2)18-20/h11-13,19-20,23,25H,4-10,14-18H2,1-3H3,(H,28,31)/t20-,23+,25+/m0/s1. The van der Waals surface area contributed by atoms with Crippen LogP contribution in [0.3, 0.4) is 0 Å². The number of unbranched alkanes of at least 4 members (excludes halogenated alkanes) is 6. The molecular formula is C27H41N3O. The van der Waals surface area contributed by atoms with Gasteiger partial charge in [-0.3, -0.25) is 4.79 Å². The van der Waals surface area contributed by atoms with Crippen molar-refractivity contribution in [1.82, 2.24) is 14.8 Å². The molecular weight excluding hydrogens is 382 g/mol. The Hall–Kier alpha value is -1.81. The number of piperidine rings is 1. The number of fused-ring (bicyclic) bond motifs is 2. The number of nitrogens with zero attached hydrogens (tertiary/aromatic N) is 2. The van der Waals surface area contributed by atoms with E-state index in [1.54, 1.807) is 0 Å². The number of nitrogens with one attached hydrogen (secondary N) is 1. The largest absolute Gasteiger partial charge is 0.356 e. The van der Waals surface area contributed by atoms with E-state index >= 15 is 0 Å². The van der Waals surface area contributed by atoms with Crippen LogP contribution in [0.15, 0.2) is 24.4 Å². The van der Waals surface area contributed by atoms with E-state index in [1.165, 1.54) is 67.0 Å². The fourth-order valence-corrected chi connectivity index (χ4v) is 6.07. The number of likely N-dealkylation sites (tertiary alicyclic amines) is 1. The number of likely N-dealkylation sites (N-methyl/N-ethyl adjacent to an activating group) is 1. The first-order valence-corrected chi connectivity index (χ1v) is 12.6. The van der Waals surface area contributed by atoms with Gasteiger partial charge in [-0.1, -0.05) is 57.6 Å². The van der Waals surface area contributed by atoms with Crippen molar-refractivity contribution >= 4 is 16.8 Å². The Morgan fingerprint density at radius 3 is 2.68 bits per heavy atom. The van der Waals surface area contributed by atoms with Crippen LogP contribution in [0.25, 0.3) is 10.9 Å². The first-order valence-electron chi connectivity index (χ1n) is 12.6. The molecule has 1 saturated heterocycles. The van der Waals surface area contributed by atoms with Crippen molar-refractivity contribution in [3.63, 3.8) is 0 Å². The topological polar surface area (TPSA) is 37.3 Å². The van der Waals surface area contributed by atoms with Crippen LogP contribution in [0.4, 0.5) is 0 Å². The zero-order chi connectivity index (χ0) is 21.8. The molecule has 2 aliphatic rings. The van der Waals surface area contributed by atoms with Crippen molar-refractivity contribution in [1.29, 1.82) is 0 Å². The van der Waals surface area contributed by atoms with Gasteiger partial charge in [-0.25, -0.2) is 0 Å². The molecule has 0 saturated carbocycles.